The quantitative estimate of drug-likeness (QED) is 0.341. The van der Waals surface area contributed by atoms with Crippen molar-refractivity contribution in [3.63, 3.8) is 0 Å². The maximum atomic E-state index is 13.2. The Hall–Kier alpha value is -3.86. The normalized spacial score (nSPS) is 11.9. The molecule has 188 valence electrons. The van der Waals surface area contributed by atoms with Crippen LogP contribution in [0.2, 0.25) is 0 Å². The molecule has 1 unspecified atom stereocenters. The molecule has 0 fully saturated rings. The topological polar surface area (TPSA) is 96.0 Å². The molecule has 2 heterocycles. The first kappa shape index (κ1) is 25.2. The van der Waals surface area contributed by atoms with Gasteiger partial charge in [-0.2, -0.15) is 0 Å². The SMILES string of the molecule is CCn1c(SCC(=O)Nc2c(C)n(C)n(-c3ccccc3)c2=O)nnc1C(C)Oc1ccc(F)cc1. The summed E-state index contributed by atoms with van der Waals surface area (Å²) in [7, 11) is 1.77. The number of rotatable bonds is 9. The van der Waals surface area contributed by atoms with Crippen molar-refractivity contribution in [2.45, 2.75) is 38.6 Å². The highest BCUT2D eigenvalue weighted by Gasteiger charge is 2.21. The van der Waals surface area contributed by atoms with E-state index in [0.29, 0.717) is 34.7 Å². The van der Waals surface area contributed by atoms with E-state index in [1.165, 1.54) is 28.6 Å². The van der Waals surface area contributed by atoms with Gasteiger partial charge >= 0.3 is 0 Å². The standard InChI is InChI=1S/C25H27FN6O3S/c1-5-31-23(17(3)35-20-13-11-18(26)12-14-20)28-29-25(31)36-15-21(33)27-22-16(2)30(4)32(24(22)34)19-9-7-6-8-10-19/h6-14,17H,5,15H2,1-4H3,(H,27,33). The zero-order chi connectivity index (χ0) is 25.8. The minimum Gasteiger partial charge on any atom is -0.483 e. The average molecular weight is 511 g/mol. The van der Waals surface area contributed by atoms with E-state index in [1.54, 1.807) is 30.8 Å². The summed E-state index contributed by atoms with van der Waals surface area (Å²) in [5.41, 5.74) is 1.30. The van der Waals surface area contributed by atoms with Crippen LogP contribution in [0.25, 0.3) is 5.69 Å². The Morgan fingerprint density at radius 3 is 2.50 bits per heavy atom. The fourth-order valence-corrected chi connectivity index (χ4v) is 4.60. The summed E-state index contributed by atoms with van der Waals surface area (Å²) < 4.78 is 24.1. The van der Waals surface area contributed by atoms with Gasteiger partial charge in [-0.15, -0.1) is 10.2 Å². The lowest BCUT2D eigenvalue weighted by Crippen LogP contribution is -2.23. The summed E-state index contributed by atoms with van der Waals surface area (Å²) in [6.07, 6.45) is -0.436. The number of carbonyl (C=O) groups is 1. The van der Waals surface area contributed by atoms with Crippen LogP contribution >= 0.6 is 11.8 Å². The second-order valence-electron chi connectivity index (χ2n) is 8.07. The highest BCUT2D eigenvalue weighted by atomic mass is 32.2. The van der Waals surface area contributed by atoms with E-state index < -0.39 is 6.10 Å². The van der Waals surface area contributed by atoms with Gasteiger partial charge in [-0.05, 0) is 57.2 Å². The smallest absolute Gasteiger partial charge is 0.295 e. The van der Waals surface area contributed by atoms with Crippen LogP contribution < -0.4 is 15.6 Å². The summed E-state index contributed by atoms with van der Waals surface area (Å²) in [6, 6.07) is 15.0. The summed E-state index contributed by atoms with van der Waals surface area (Å²) >= 11 is 1.22. The number of ether oxygens (including phenoxy) is 1. The first-order valence-electron chi connectivity index (χ1n) is 11.4. The Morgan fingerprint density at radius 1 is 1.14 bits per heavy atom. The number of amides is 1. The zero-order valence-corrected chi connectivity index (χ0v) is 21.3. The largest absolute Gasteiger partial charge is 0.483 e. The van der Waals surface area contributed by atoms with E-state index in [9.17, 15) is 14.0 Å². The van der Waals surface area contributed by atoms with Gasteiger partial charge in [0.15, 0.2) is 17.1 Å². The Labute approximate surface area is 211 Å². The molecule has 0 aliphatic heterocycles. The second kappa shape index (κ2) is 10.8. The van der Waals surface area contributed by atoms with Gasteiger partial charge in [0.05, 0.1) is 17.1 Å². The Balaban J connectivity index is 1.44. The van der Waals surface area contributed by atoms with Crippen LogP contribution in [-0.4, -0.2) is 35.8 Å². The highest BCUT2D eigenvalue weighted by molar-refractivity contribution is 7.99. The fraction of sp³-hybridized carbons (Fsp3) is 0.280. The van der Waals surface area contributed by atoms with Gasteiger partial charge in [0.25, 0.3) is 5.56 Å². The van der Waals surface area contributed by atoms with Crippen molar-refractivity contribution in [2.75, 3.05) is 11.1 Å². The van der Waals surface area contributed by atoms with Crippen LogP contribution in [0.1, 0.15) is 31.5 Å². The summed E-state index contributed by atoms with van der Waals surface area (Å²) in [5, 5.41) is 11.8. The molecule has 0 radical (unpaired) electrons. The molecule has 0 saturated carbocycles. The summed E-state index contributed by atoms with van der Waals surface area (Å²) in [5.74, 6) is 0.490. The number of carbonyl (C=O) groups excluding carboxylic acids is 1. The summed E-state index contributed by atoms with van der Waals surface area (Å²) in [6.45, 7) is 6.13. The number of hydrogen-bond acceptors (Lipinski definition) is 6. The highest BCUT2D eigenvalue weighted by Crippen LogP contribution is 2.25. The average Bonchev–Trinajstić information content (AvgIpc) is 3.38. The van der Waals surface area contributed by atoms with E-state index in [1.807, 2.05) is 48.7 Å². The predicted octanol–water partition coefficient (Wildman–Crippen LogP) is 4.11. The van der Waals surface area contributed by atoms with Gasteiger partial charge in [0.2, 0.25) is 5.91 Å². The minimum absolute atomic E-state index is 0.0461. The van der Waals surface area contributed by atoms with Crippen LogP contribution in [0.15, 0.2) is 64.5 Å². The summed E-state index contributed by atoms with van der Waals surface area (Å²) in [4.78, 5) is 25.8. The molecule has 1 amide bonds. The van der Waals surface area contributed by atoms with Crippen molar-refractivity contribution >= 4 is 23.4 Å². The third-order valence-electron chi connectivity index (χ3n) is 5.70. The molecule has 2 aromatic carbocycles. The molecule has 9 nitrogen and oxygen atoms in total. The van der Waals surface area contributed by atoms with E-state index in [0.717, 1.165) is 0 Å². The molecule has 0 aliphatic rings. The maximum Gasteiger partial charge on any atom is 0.295 e. The lowest BCUT2D eigenvalue weighted by molar-refractivity contribution is -0.113. The first-order valence-corrected chi connectivity index (χ1v) is 12.4. The van der Waals surface area contributed by atoms with Crippen molar-refractivity contribution in [3.05, 3.63) is 82.3 Å². The molecule has 0 aliphatic carbocycles. The molecule has 1 atom stereocenters. The van der Waals surface area contributed by atoms with E-state index in [-0.39, 0.29) is 28.7 Å². The third kappa shape index (κ3) is 5.20. The Kier molecular flexibility index (Phi) is 7.58. The molecule has 1 N–H and O–H groups in total. The van der Waals surface area contributed by atoms with Crippen LogP contribution in [0.5, 0.6) is 5.75 Å². The first-order chi connectivity index (χ1) is 17.3. The number of nitrogens with one attached hydrogen (secondary N) is 1. The lowest BCUT2D eigenvalue weighted by Gasteiger charge is -2.15. The molecule has 4 rings (SSSR count). The van der Waals surface area contributed by atoms with Crippen molar-refractivity contribution in [1.82, 2.24) is 24.1 Å². The van der Waals surface area contributed by atoms with Gasteiger partial charge < -0.3 is 14.6 Å². The van der Waals surface area contributed by atoms with Crippen molar-refractivity contribution in [1.29, 1.82) is 0 Å². The molecule has 2 aromatic heterocycles. The molecular formula is C25H27FN6O3S. The zero-order valence-electron chi connectivity index (χ0n) is 20.4. The van der Waals surface area contributed by atoms with Crippen LogP contribution in [0.4, 0.5) is 10.1 Å². The predicted molar refractivity (Wildman–Crippen MR) is 136 cm³/mol. The second-order valence-corrected chi connectivity index (χ2v) is 9.01. The lowest BCUT2D eigenvalue weighted by atomic mass is 10.3. The minimum atomic E-state index is -0.436. The van der Waals surface area contributed by atoms with E-state index >= 15 is 0 Å². The molecule has 36 heavy (non-hydrogen) atoms. The molecule has 0 bridgehead atoms. The number of nitrogens with zero attached hydrogens (tertiary/aromatic N) is 5. The monoisotopic (exact) mass is 510 g/mol. The molecule has 0 saturated heterocycles. The number of hydrogen-bond donors (Lipinski definition) is 1. The van der Waals surface area contributed by atoms with Crippen molar-refractivity contribution in [3.8, 4) is 11.4 Å². The van der Waals surface area contributed by atoms with Gasteiger partial charge in [0.1, 0.15) is 17.3 Å². The van der Waals surface area contributed by atoms with Gasteiger partial charge in [-0.3, -0.25) is 14.3 Å². The number of aromatic nitrogens is 5. The number of anilines is 1. The van der Waals surface area contributed by atoms with Crippen LogP contribution in [0, 0.1) is 12.7 Å². The molecular weight excluding hydrogens is 483 g/mol. The molecule has 0 spiro atoms. The number of halogens is 1. The number of benzene rings is 2. The maximum absolute atomic E-state index is 13.2. The van der Waals surface area contributed by atoms with E-state index in [4.69, 9.17) is 4.74 Å². The molecule has 4 aromatic rings. The van der Waals surface area contributed by atoms with Gasteiger partial charge in [-0.25, -0.2) is 9.07 Å². The fourth-order valence-electron chi connectivity index (χ4n) is 3.79. The third-order valence-corrected chi connectivity index (χ3v) is 6.67. The van der Waals surface area contributed by atoms with Crippen LogP contribution in [-0.2, 0) is 18.4 Å². The Morgan fingerprint density at radius 2 is 1.83 bits per heavy atom. The van der Waals surface area contributed by atoms with E-state index in [2.05, 4.69) is 15.5 Å². The number of thioether (sulfide) groups is 1. The van der Waals surface area contributed by atoms with Gasteiger partial charge in [-0.1, -0.05) is 30.0 Å². The van der Waals surface area contributed by atoms with Crippen molar-refractivity contribution in [2.24, 2.45) is 7.05 Å². The van der Waals surface area contributed by atoms with Crippen LogP contribution in [0.3, 0.4) is 0 Å². The van der Waals surface area contributed by atoms with Crippen molar-refractivity contribution < 1.29 is 13.9 Å². The number of para-hydroxylation sites is 1. The Bertz CT molecular complexity index is 1410. The van der Waals surface area contributed by atoms with Gasteiger partial charge in [0, 0.05) is 13.6 Å². The molecule has 11 heteroatoms.